The first-order valence-electron chi connectivity index (χ1n) is 29.8. The highest BCUT2D eigenvalue weighted by molar-refractivity contribution is 5.99. The third-order valence-corrected chi connectivity index (χ3v) is 12.3. The van der Waals surface area contributed by atoms with Crippen molar-refractivity contribution in [2.45, 2.75) is 226 Å². The fourth-order valence-corrected chi connectivity index (χ4v) is 8.31. The molecule has 1 aromatic rings. The van der Waals surface area contributed by atoms with Crippen molar-refractivity contribution in [1.82, 2.24) is 63.8 Å². The van der Waals surface area contributed by atoms with Gasteiger partial charge in [-0.3, -0.25) is 43.2 Å². The number of carboxylic acids is 1. The molecule has 1 heterocycles. The molecule has 1 aliphatic heterocycles. The number of amides is 12. The Kier molecular flexibility index (Phi) is 30.7. The van der Waals surface area contributed by atoms with Crippen molar-refractivity contribution in [2.24, 2.45) is 5.92 Å². The van der Waals surface area contributed by atoms with Crippen molar-refractivity contribution in [1.29, 1.82) is 0 Å². The summed E-state index contributed by atoms with van der Waals surface area (Å²) >= 11 is 0. The zero-order valence-corrected chi connectivity index (χ0v) is 54.3. The van der Waals surface area contributed by atoms with Crippen LogP contribution >= 0.6 is 0 Å². The lowest BCUT2D eigenvalue weighted by Gasteiger charge is -2.29. The molecule has 0 aromatic heterocycles. The summed E-state index contributed by atoms with van der Waals surface area (Å²) < 4.78 is 21.3. The van der Waals surface area contributed by atoms with Gasteiger partial charge < -0.3 is 93.0 Å². The third-order valence-electron chi connectivity index (χ3n) is 12.3. The number of rotatable bonds is 19. The molecule has 1 aromatic carbocycles. The number of hydrogen-bond donors (Lipinski definition) is 14. The number of ether oxygens (including phenoxy) is 4. The minimum absolute atomic E-state index is 0.0824. The van der Waals surface area contributed by atoms with E-state index in [1.807, 2.05) is 0 Å². The van der Waals surface area contributed by atoms with Crippen LogP contribution in [0.5, 0.6) is 0 Å². The van der Waals surface area contributed by atoms with Gasteiger partial charge in [0.1, 0.15) is 70.7 Å². The Balaban J connectivity index is 2.99. The number of aliphatic hydroxyl groups is 1. The molecule has 90 heavy (non-hydrogen) atoms. The quantitative estimate of drug-likeness (QED) is 0.0847. The van der Waals surface area contributed by atoms with E-state index >= 15 is 0 Å². The average Bonchev–Trinajstić information content (AvgIpc) is 2.15. The van der Waals surface area contributed by atoms with Crippen LogP contribution in [0.25, 0.3) is 0 Å². The van der Waals surface area contributed by atoms with Crippen molar-refractivity contribution < 1.29 is 91.5 Å². The van der Waals surface area contributed by atoms with E-state index < -0.39 is 187 Å². The molecule has 1 aliphatic rings. The molecule has 2 rings (SSSR count). The maximum absolute atomic E-state index is 14.8. The van der Waals surface area contributed by atoms with Crippen molar-refractivity contribution in [3.8, 4) is 0 Å². The van der Waals surface area contributed by atoms with E-state index in [0.29, 0.717) is 5.56 Å². The van der Waals surface area contributed by atoms with Crippen LogP contribution in [0, 0.1) is 5.92 Å². The molecule has 0 bridgehead atoms. The lowest BCUT2D eigenvalue weighted by atomic mass is 10.00. The smallest absolute Gasteiger partial charge is 0.408 e. The largest absolute Gasteiger partial charge is 0.481 e. The molecule has 31 nitrogen and oxygen atoms in total. The van der Waals surface area contributed by atoms with Gasteiger partial charge in [-0.2, -0.15) is 0 Å². The van der Waals surface area contributed by atoms with Crippen LogP contribution in [0.4, 0.5) is 19.2 Å². The van der Waals surface area contributed by atoms with Gasteiger partial charge in [0, 0.05) is 32.6 Å². The predicted molar refractivity (Wildman–Crippen MR) is 324 cm³/mol. The number of aliphatic hydroxyl groups excluding tert-OH is 1. The number of aliphatic carboxylic acids is 1. The zero-order chi connectivity index (χ0) is 68.5. The maximum Gasteiger partial charge on any atom is 0.408 e. The monoisotopic (exact) mass is 1280 g/mol. The normalized spacial score (nSPS) is 21.3. The van der Waals surface area contributed by atoms with E-state index in [1.165, 1.54) is 20.8 Å². The summed E-state index contributed by atoms with van der Waals surface area (Å²) in [6.45, 7) is 21.9. The molecule has 1 saturated heterocycles. The lowest BCUT2D eigenvalue weighted by Crippen LogP contribution is -2.61. The molecule has 0 spiro atoms. The Bertz CT molecular complexity index is 2650. The Morgan fingerprint density at radius 3 is 1.31 bits per heavy atom. The number of alkyl carbamates (subject to hydrolysis) is 4. The molecule has 1 fully saturated rings. The molecular weight excluding hydrogens is 1180 g/mol. The minimum atomic E-state index is -1.90. The Hall–Kier alpha value is -8.51. The topological polar surface area (TPSA) is 444 Å². The molecule has 0 radical (unpaired) electrons. The highest BCUT2D eigenvalue weighted by Crippen LogP contribution is 2.14. The molecule has 31 heteroatoms. The predicted octanol–water partition coefficient (Wildman–Crippen LogP) is 0.682. The van der Waals surface area contributed by atoms with Gasteiger partial charge in [0.05, 0.1) is 12.5 Å². The van der Waals surface area contributed by atoms with Gasteiger partial charge in [0.2, 0.25) is 47.3 Å². The summed E-state index contributed by atoms with van der Waals surface area (Å²) in [5, 5.41) is 50.6. The van der Waals surface area contributed by atoms with Crippen molar-refractivity contribution in [3.63, 3.8) is 0 Å². The van der Waals surface area contributed by atoms with Gasteiger partial charge in [-0.15, -0.1) is 0 Å². The van der Waals surface area contributed by atoms with Crippen molar-refractivity contribution in [2.75, 3.05) is 26.2 Å². The van der Waals surface area contributed by atoms with Crippen molar-refractivity contribution >= 4 is 77.6 Å². The first kappa shape index (κ1) is 77.6. The second kappa shape index (κ2) is 35.6. The highest BCUT2D eigenvalue weighted by atomic mass is 16.6. The van der Waals surface area contributed by atoms with Crippen LogP contribution in [0.3, 0.4) is 0 Å². The fourth-order valence-electron chi connectivity index (χ4n) is 8.31. The van der Waals surface area contributed by atoms with Gasteiger partial charge >= 0.3 is 30.3 Å². The first-order valence-corrected chi connectivity index (χ1v) is 29.8. The first-order chi connectivity index (χ1) is 41.5. The Morgan fingerprint density at radius 1 is 0.522 bits per heavy atom. The van der Waals surface area contributed by atoms with Crippen LogP contribution in [-0.4, -0.2) is 191 Å². The fraction of sp³-hybridized carbons (Fsp3) is 0.678. The summed E-state index contributed by atoms with van der Waals surface area (Å²) in [6.07, 6.45) is -8.79. The lowest BCUT2D eigenvalue weighted by molar-refractivity contribution is -0.140. The Morgan fingerprint density at radius 2 is 0.900 bits per heavy atom. The van der Waals surface area contributed by atoms with E-state index in [0.717, 1.165) is 6.92 Å². The number of carbonyl (C=O) groups excluding carboxylic acids is 12. The maximum atomic E-state index is 14.8. The second-order valence-electron chi connectivity index (χ2n) is 25.9. The minimum Gasteiger partial charge on any atom is -0.481 e. The Labute approximate surface area is 525 Å². The average molecular weight is 1280 g/mol. The van der Waals surface area contributed by atoms with E-state index in [1.54, 1.807) is 106 Å². The molecule has 9 atom stereocenters. The molecule has 0 unspecified atom stereocenters. The standard InChI is InChI=1S/C59H96N12O19/c1-32(2)29-39-48(79)66-36(22-26-61-52(83)87-56(4,5)6)45(76)65-38(24-28-63-54(85)89-58(10,11)12)47(78)71-43(33(3)72)51(82)60-25-21-35(67-50(81)41(31-42(73)74)70-55(86)90-59(13,14)15)44(75)64-37(23-27-62-53(84)88-57(7,8)9)46(77)69-40(49(80)68-39)30-34-19-17-16-18-20-34/h16-20,32-33,35-41,43,72H,21-31H2,1-15H3,(H,60,82)(H,61,83)(H,62,84)(H,63,85)(H,64,75)(H,65,76)(H,66,79)(H,67,81)(H,68,80)(H,69,77)(H,70,86)(H,71,78)(H,73,74)/t33-,35+,36+,37+,38+,39+,40-,41+,43+/m1/s1. The summed E-state index contributed by atoms with van der Waals surface area (Å²) in [6, 6.07) is -5.33. The number of nitrogens with one attached hydrogen (secondary N) is 12. The SMILES string of the molecule is CC(C)C[C@@H]1NC(=O)[C@@H](Cc2ccccc2)NC(=O)[C@H](CCNC(=O)OC(C)(C)C)NC(=O)[C@@H](NC(=O)[C@H](CC(=O)O)NC(=O)OC(C)(C)C)CCNC(=O)[C@H]([C@@H](C)O)NC(=O)[C@H](CCNC(=O)OC(C)(C)C)NC(=O)[C@H](CCNC(=O)OC(C)(C)C)NC1=O. The molecule has 14 N–H and O–H groups in total. The van der Waals surface area contributed by atoms with Gasteiger partial charge in [0.25, 0.3) is 0 Å². The van der Waals surface area contributed by atoms with Gasteiger partial charge in [-0.25, -0.2) is 19.2 Å². The second-order valence-corrected chi connectivity index (χ2v) is 25.9. The van der Waals surface area contributed by atoms with Gasteiger partial charge in [-0.1, -0.05) is 44.2 Å². The number of carbonyl (C=O) groups is 13. The van der Waals surface area contributed by atoms with E-state index in [-0.39, 0.29) is 44.8 Å². The summed E-state index contributed by atoms with van der Waals surface area (Å²) in [7, 11) is 0. The van der Waals surface area contributed by atoms with E-state index in [9.17, 15) is 72.5 Å². The van der Waals surface area contributed by atoms with E-state index in [4.69, 9.17) is 18.9 Å². The summed E-state index contributed by atoms with van der Waals surface area (Å²) in [4.78, 5) is 180. The van der Waals surface area contributed by atoms with E-state index in [2.05, 4.69) is 63.8 Å². The summed E-state index contributed by atoms with van der Waals surface area (Å²) in [5.41, 5.74) is -3.48. The number of carboxylic acid groups (broad SMARTS) is 1. The van der Waals surface area contributed by atoms with Crippen LogP contribution in [0.1, 0.15) is 148 Å². The van der Waals surface area contributed by atoms with Gasteiger partial charge in [0.15, 0.2) is 0 Å². The zero-order valence-electron chi connectivity index (χ0n) is 54.3. The third kappa shape index (κ3) is 32.1. The highest BCUT2D eigenvalue weighted by Gasteiger charge is 2.38. The van der Waals surface area contributed by atoms with Crippen molar-refractivity contribution in [3.05, 3.63) is 35.9 Å². The molecule has 0 aliphatic carbocycles. The van der Waals surface area contributed by atoms with Crippen LogP contribution in [0.2, 0.25) is 0 Å². The van der Waals surface area contributed by atoms with Crippen LogP contribution < -0.4 is 63.8 Å². The summed E-state index contributed by atoms with van der Waals surface area (Å²) in [5.74, 6) is -10.5. The molecule has 0 saturated carbocycles. The van der Waals surface area contributed by atoms with Crippen LogP contribution in [0.15, 0.2) is 30.3 Å². The molecule has 12 amide bonds. The number of benzene rings is 1. The molecule has 506 valence electrons. The van der Waals surface area contributed by atoms with Crippen LogP contribution in [-0.2, 0) is 68.5 Å². The van der Waals surface area contributed by atoms with Gasteiger partial charge in [-0.05, 0) is 134 Å². The molecular formula is C59H96N12O19. The number of hydrogen-bond acceptors (Lipinski definition) is 18.